The zero-order valence-corrected chi connectivity index (χ0v) is 17.4. The number of ether oxygens (including phenoxy) is 2. The van der Waals surface area contributed by atoms with Crippen LogP contribution in [-0.4, -0.2) is 23.2 Å². The predicted molar refractivity (Wildman–Crippen MR) is 121 cm³/mol. The van der Waals surface area contributed by atoms with Gasteiger partial charge in [-0.1, -0.05) is 29.5 Å². The lowest BCUT2D eigenvalue weighted by Gasteiger charge is -2.17. The third-order valence-electron chi connectivity index (χ3n) is 5.31. The normalized spacial score (nSPS) is 16.9. The highest BCUT2D eigenvalue weighted by molar-refractivity contribution is 7.22. The minimum Gasteiger partial charge on any atom is -0.439 e. The van der Waals surface area contributed by atoms with Gasteiger partial charge in [0.25, 0.3) is 0 Å². The smallest absolute Gasteiger partial charge is 0.222 e. The number of anilines is 2. The largest absolute Gasteiger partial charge is 0.439 e. The number of fused-ring (bicyclic) bond motifs is 1. The zero-order valence-electron chi connectivity index (χ0n) is 16.6. The number of para-hydroxylation sites is 1. The zero-order chi connectivity index (χ0) is 20.2. The summed E-state index contributed by atoms with van der Waals surface area (Å²) in [6.45, 7) is 1.64. The summed E-state index contributed by atoms with van der Waals surface area (Å²) in [6, 6.07) is 20.2. The Balaban J connectivity index is 1.30. The maximum Gasteiger partial charge on any atom is 0.222 e. The Morgan fingerprint density at radius 1 is 0.967 bits per heavy atom. The molecule has 2 aromatic carbocycles. The lowest BCUT2D eigenvalue weighted by molar-refractivity contribution is 0.143. The number of hydrogen-bond acceptors (Lipinski definition) is 6. The molecule has 1 fully saturated rings. The van der Waals surface area contributed by atoms with Crippen molar-refractivity contribution in [3.05, 3.63) is 72.4 Å². The first-order valence-electron chi connectivity index (χ1n) is 10.3. The topological polar surface area (TPSA) is 56.3 Å². The van der Waals surface area contributed by atoms with Gasteiger partial charge in [0.15, 0.2) is 5.13 Å². The van der Waals surface area contributed by atoms with Crippen molar-refractivity contribution in [3.63, 3.8) is 0 Å². The van der Waals surface area contributed by atoms with Crippen LogP contribution in [0.15, 0.2) is 66.9 Å². The summed E-state index contributed by atoms with van der Waals surface area (Å²) in [5.74, 6) is 1.89. The molecule has 1 aliphatic heterocycles. The van der Waals surface area contributed by atoms with Crippen LogP contribution in [0.1, 0.15) is 30.7 Å². The molecule has 1 atom stereocenters. The van der Waals surface area contributed by atoms with E-state index in [4.69, 9.17) is 9.47 Å². The van der Waals surface area contributed by atoms with Crippen LogP contribution in [0.4, 0.5) is 10.8 Å². The predicted octanol–water partition coefficient (Wildman–Crippen LogP) is 6.51. The fourth-order valence-corrected chi connectivity index (χ4v) is 4.67. The Kier molecular flexibility index (Phi) is 5.59. The Morgan fingerprint density at radius 3 is 2.77 bits per heavy atom. The molecule has 2 aromatic heterocycles. The lowest BCUT2D eigenvalue weighted by atomic mass is 9.93. The van der Waals surface area contributed by atoms with E-state index in [0.717, 1.165) is 54.6 Å². The van der Waals surface area contributed by atoms with Crippen LogP contribution in [0, 0.1) is 0 Å². The molecule has 5 nitrogen and oxygen atoms in total. The van der Waals surface area contributed by atoms with E-state index in [1.165, 1.54) is 10.3 Å². The molecule has 0 bridgehead atoms. The number of aromatic nitrogens is 2. The first-order chi connectivity index (χ1) is 14.8. The molecule has 0 spiro atoms. The van der Waals surface area contributed by atoms with Gasteiger partial charge in [-0.3, -0.25) is 0 Å². The van der Waals surface area contributed by atoms with Gasteiger partial charge in [0, 0.05) is 30.7 Å². The fraction of sp³-hybridized carbons (Fsp3) is 0.250. The van der Waals surface area contributed by atoms with Crippen molar-refractivity contribution in [2.24, 2.45) is 0 Å². The number of benzene rings is 2. The van der Waals surface area contributed by atoms with Gasteiger partial charge in [0.05, 0.1) is 10.2 Å². The minimum absolute atomic E-state index is 0.427. The van der Waals surface area contributed by atoms with Gasteiger partial charge < -0.3 is 14.8 Å². The number of hydrogen-bond donors (Lipinski definition) is 1. The van der Waals surface area contributed by atoms with Gasteiger partial charge in [-0.25, -0.2) is 9.97 Å². The number of rotatable bonds is 5. The molecular formula is C24H23N3O2S. The van der Waals surface area contributed by atoms with Crippen molar-refractivity contribution >= 4 is 32.4 Å². The highest BCUT2D eigenvalue weighted by Crippen LogP contribution is 2.35. The van der Waals surface area contributed by atoms with E-state index >= 15 is 0 Å². The van der Waals surface area contributed by atoms with Gasteiger partial charge >= 0.3 is 0 Å². The Labute approximate surface area is 179 Å². The number of thiazole rings is 1. The van der Waals surface area contributed by atoms with E-state index < -0.39 is 0 Å². The first-order valence-corrected chi connectivity index (χ1v) is 11.1. The van der Waals surface area contributed by atoms with Crippen molar-refractivity contribution in [1.82, 2.24) is 9.97 Å². The second kappa shape index (κ2) is 8.81. The van der Waals surface area contributed by atoms with Crippen molar-refractivity contribution < 1.29 is 9.47 Å². The van der Waals surface area contributed by atoms with Crippen LogP contribution in [0.5, 0.6) is 11.6 Å². The van der Waals surface area contributed by atoms with E-state index in [1.807, 2.05) is 48.5 Å². The monoisotopic (exact) mass is 417 g/mol. The summed E-state index contributed by atoms with van der Waals surface area (Å²) in [6.07, 6.45) is 4.97. The summed E-state index contributed by atoms with van der Waals surface area (Å²) in [7, 11) is 0. The highest BCUT2D eigenvalue weighted by Gasteiger charge is 2.19. The van der Waals surface area contributed by atoms with Crippen LogP contribution < -0.4 is 10.1 Å². The van der Waals surface area contributed by atoms with E-state index in [0.29, 0.717) is 11.8 Å². The van der Waals surface area contributed by atoms with Gasteiger partial charge in [-0.05, 0) is 67.6 Å². The molecule has 0 unspecified atom stereocenters. The average molecular weight is 418 g/mol. The molecule has 30 heavy (non-hydrogen) atoms. The molecule has 0 saturated carbocycles. The molecule has 5 rings (SSSR count). The molecule has 6 heteroatoms. The molecule has 0 aliphatic carbocycles. The van der Waals surface area contributed by atoms with E-state index in [1.54, 1.807) is 17.5 Å². The first kappa shape index (κ1) is 19.0. The summed E-state index contributed by atoms with van der Waals surface area (Å²) in [5, 5.41) is 4.26. The number of nitrogens with zero attached hydrogens (tertiary/aromatic N) is 2. The standard InChI is InChI=1S/C24H23N3O2S/c1-2-8-22-21(7-1)27-24(30-22)26-18-9-11-19(12-10-18)29-23-20(6-3-14-25-23)17-5-4-15-28-16-13-17/h1-3,6-12,14,17H,4-5,13,15-16H2,(H,26,27)/t17-/m1/s1. The summed E-state index contributed by atoms with van der Waals surface area (Å²) in [4.78, 5) is 9.13. The summed E-state index contributed by atoms with van der Waals surface area (Å²) < 4.78 is 12.9. The maximum atomic E-state index is 6.16. The van der Waals surface area contributed by atoms with Gasteiger partial charge in [0.2, 0.25) is 5.88 Å². The minimum atomic E-state index is 0.427. The molecule has 152 valence electrons. The Morgan fingerprint density at radius 2 is 1.87 bits per heavy atom. The highest BCUT2D eigenvalue weighted by atomic mass is 32.1. The Hall–Kier alpha value is -2.96. The summed E-state index contributed by atoms with van der Waals surface area (Å²) in [5.41, 5.74) is 3.15. The van der Waals surface area contributed by atoms with Crippen molar-refractivity contribution in [3.8, 4) is 11.6 Å². The lowest BCUT2D eigenvalue weighted by Crippen LogP contribution is -2.03. The van der Waals surface area contributed by atoms with E-state index in [-0.39, 0.29) is 0 Å². The quantitative estimate of drug-likeness (QED) is 0.401. The third kappa shape index (κ3) is 4.30. The molecule has 1 aliphatic rings. The van der Waals surface area contributed by atoms with Crippen LogP contribution in [0.2, 0.25) is 0 Å². The molecule has 0 amide bonds. The van der Waals surface area contributed by atoms with Gasteiger partial charge in [-0.15, -0.1) is 0 Å². The van der Waals surface area contributed by atoms with Crippen LogP contribution in [-0.2, 0) is 4.74 Å². The molecule has 4 aromatic rings. The van der Waals surface area contributed by atoms with E-state index in [9.17, 15) is 0 Å². The number of nitrogens with one attached hydrogen (secondary N) is 1. The van der Waals surface area contributed by atoms with Crippen molar-refractivity contribution in [1.29, 1.82) is 0 Å². The van der Waals surface area contributed by atoms with E-state index in [2.05, 4.69) is 27.4 Å². The molecule has 1 saturated heterocycles. The van der Waals surface area contributed by atoms with Crippen LogP contribution >= 0.6 is 11.3 Å². The molecule has 1 N–H and O–H groups in total. The van der Waals surface area contributed by atoms with Crippen molar-refractivity contribution in [2.45, 2.75) is 25.2 Å². The third-order valence-corrected chi connectivity index (χ3v) is 6.26. The molecule has 3 heterocycles. The summed E-state index contributed by atoms with van der Waals surface area (Å²) >= 11 is 1.64. The van der Waals surface area contributed by atoms with Crippen LogP contribution in [0.25, 0.3) is 10.2 Å². The average Bonchev–Trinajstić information content (AvgIpc) is 2.99. The van der Waals surface area contributed by atoms with Gasteiger partial charge in [0.1, 0.15) is 5.75 Å². The second-order valence-electron chi connectivity index (χ2n) is 7.38. The van der Waals surface area contributed by atoms with Crippen molar-refractivity contribution in [2.75, 3.05) is 18.5 Å². The fourth-order valence-electron chi connectivity index (χ4n) is 3.78. The molecule has 0 radical (unpaired) electrons. The maximum absolute atomic E-state index is 6.16. The number of pyridine rings is 1. The molecular weight excluding hydrogens is 394 g/mol. The van der Waals surface area contributed by atoms with Gasteiger partial charge in [-0.2, -0.15) is 0 Å². The SMILES string of the molecule is c1cnc(Oc2ccc(Nc3nc4ccccc4s3)cc2)c([C@@H]2CCCOCC2)c1. The van der Waals surface area contributed by atoms with Crippen LogP contribution in [0.3, 0.4) is 0 Å². The Bertz CT molecular complexity index is 1090. The second-order valence-corrected chi connectivity index (χ2v) is 8.41.